The lowest BCUT2D eigenvalue weighted by Gasteiger charge is -2.30. The molecular weight excluding hydrogens is 366 g/mol. The second kappa shape index (κ2) is 8.05. The molecule has 3 N–H and O–H groups in total. The van der Waals surface area contributed by atoms with Crippen LogP contribution in [0.3, 0.4) is 0 Å². The number of carbonyl (C=O) groups is 3. The van der Waals surface area contributed by atoms with E-state index >= 15 is 0 Å². The zero-order valence-corrected chi connectivity index (χ0v) is 14.7. The molecule has 130 valence electrons. The Labute approximate surface area is 153 Å². The fourth-order valence-electron chi connectivity index (χ4n) is 2.49. The van der Waals surface area contributed by atoms with Crippen molar-refractivity contribution < 1.29 is 19.1 Å². The first-order valence-corrected chi connectivity index (χ1v) is 8.45. The molecule has 2 atom stereocenters. The van der Waals surface area contributed by atoms with Crippen LogP contribution in [-0.4, -0.2) is 30.6 Å². The Hall–Kier alpha value is -2.50. The highest BCUT2D eigenvalue weighted by atomic mass is 35.5. The zero-order chi connectivity index (χ0) is 18.6. The molecule has 2 amide bonds. The van der Waals surface area contributed by atoms with Gasteiger partial charge >= 0.3 is 5.97 Å². The Morgan fingerprint density at radius 2 is 2.04 bits per heavy atom. The molecule has 9 heteroatoms. The summed E-state index contributed by atoms with van der Waals surface area (Å²) in [5, 5.41) is 12.8. The number of benzene rings is 1. The molecule has 2 unspecified atom stereocenters. The number of esters is 1. The van der Waals surface area contributed by atoms with Crippen molar-refractivity contribution in [2.75, 3.05) is 12.9 Å². The van der Waals surface area contributed by atoms with Gasteiger partial charge in [0, 0.05) is 10.9 Å². The summed E-state index contributed by atoms with van der Waals surface area (Å²) in [6.45, 7) is 0. The average Bonchev–Trinajstić information content (AvgIpc) is 2.59. The van der Waals surface area contributed by atoms with Gasteiger partial charge in [-0.2, -0.15) is 5.26 Å². The molecule has 0 spiro atoms. The molecule has 0 aromatic heterocycles. The van der Waals surface area contributed by atoms with Gasteiger partial charge in [0.05, 0.1) is 29.5 Å². The maximum atomic E-state index is 12.5. The van der Waals surface area contributed by atoms with Crippen LogP contribution in [0.25, 0.3) is 0 Å². The van der Waals surface area contributed by atoms with Crippen molar-refractivity contribution in [2.24, 2.45) is 11.7 Å². The van der Waals surface area contributed by atoms with Crippen molar-refractivity contribution in [3.8, 4) is 6.07 Å². The topological polar surface area (TPSA) is 122 Å². The first-order valence-electron chi connectivity index (χ1n) is 7.08. The number of nitrogens with two attached hydrogens (primary N) is 1. The fourth-order valence-corrected chi connectivity index (χ4v) is 3.41. The minimum atomic E-state index is -1.22. The predicted octanol–water partition coefficient (Wildman–Crippen LogP) is 1.30. The lowest BCUT2D eigenvalue weighted by molar-refractivity contribution is -0.150. The SMILES string of the molecule is COC(=O)C1C(=O)NC(SCC(N)=O)=C(C#N)C1c1ccc(Cl)cc1. The third kappa shape index (κ3) is 4.13. The summed E-state index contributed by atoms with van der Waals surface area (Å²) in [6.07, 6.45) is 0. The van der Waals surface area contributed by atoms with E-state index in [1.807, 2.05) is 6.07 Å². The van der Waals surface area contributed by atoms with E-state index in [0.29, 0.717) is 10.6 Å². The highest BCUT2D eigenvalue weighted by Crippen LogP contribution is 2.40. The number of nitrogens with one attached hydrogen (secondary N) is 1. The molecule has 7 nitrogen and oxygen atoms in total. The lowest BCUT2D eigenvalue weighted by Crippen LogP contribution is -2.44. The predicted molar refractivity (Wildman–Crippen MR) is 92.1 cm³/mol. The Balaban J connectivity index is 2.57. The van der Waals surface area contributed by atoms with Crippen LogP contribution in [-0.2, 0) is 19.1 Å². The number of hydrogen-bond donors (Lipinski definition) is 2. The minimum absolute atomic E-state index is 0.114. The van der Waals surface area contributed by atoms with Gasteiger partial charge in [-0.1, -0.05) is 35.5 Å². The summed E-state index contributed by atoms with van der Waals surface area (Å²) in [5.74, 6) is -4.15. The molecule has 1 heterocycles. The van der Waals surface area contributed by atoms with E-state index in [9.17, 15) is 19.6 Å². The number of hydrogen-bond acceptors (Lipinski definition) is 6. The van der Waals surface area contributed by atoms with Crippen LogP contribution in [0, 0.1) is 17.2 Å². The van der Waals surface area contributed by atoms with Crippen LogP contribution >= 0.6 is 23.4 Å². The van der Waals surface area contributed by atoms with Crippen molar-refractivity contribution in [1.82, 2.24) is 5.32 Å². The van der Waals surface area contributed by atoms with Crippen LogP contribution in [0.15, 0.2) is 34.9 Å². The number of amides is 2. The van der Waals surface area contributed by atoms with Crippen molar-refractivity contribution in [3.05, 3.63) is 45.5 Å². The van der Waals surface area contributed by atoms with Gasteiger partial charge in [-0.25, -0.2) is 0 Å². The second-order valence-electron chi connectivity index (χ2n) is 5.13. The number of thioether (sulfide) groups is 1. The number of halogens is 1. The van der Waals surface area contributed by atoms with Gasteiger partial charge < -0.3 is 15.8 Å². The Bertz CT molecular complexity index is 786. The van der Waals surface area contributed by atoms with Crippen LogP contribution in [0.4, 0.5) is 0 Å². The van der Waals surface area contributed by atoms with Crippen molar-refractivity contribution >= 4 is 41.1 Å². The van der Waals surface area contributed by atoms with Gasteiger partial charge in [0.15, 0.2) is 0 Å². The number of nitrogens with zero attached hydrogens (tertiary/aromatic N) is 1. The van der Waals surface area contributed by atoms with Crippen molar-refractivity contribution in [3.63, 3.8) is 0 Å². The van der Waals surface area contributed by atoms with Gasteiger partial charge in [-0.05, 0) is 17.7 Å². The molecule has 0 fully saturated rings. The van der Waals surface area contributed by atoms with Crippen LogP contribution in [0.1, 0.15) is 11.5 Å². The molecule has 1 aliphatic heterocycles. The Kier molecular flexibility index (Phi) is 6.07. The Morgan fingerprint density at radius 3 is 2.56 bits per heavy atom. The smallest absolute Gasteiger partial charge is 0.319 e. The first-order chi connectivity index (χ1) is 11.9. The largest absolute Gasteiger partial charge is 0.468 e. The summed E-state index contributed by atoms with van der Waals surface area (Å²) in [6, 6.07) is 8.49. The van der Waals surface area contributed by atoms with Gasteiger partial charge in [0.2, 0.25) is 11.8 Å². The van der Waals surface area contributed by atoms with Crippen LogP contribution < -0.4 is 11.1 Å². The standard InChI is InChI=1S/C16H14ClN3O4S/c1-24-16(23)13-12(8-2-4-9(17)5-3-8)10(6-18)15(20-14(13)22)25-7-11(19)21/h2-5,12-13H,7H2,1H3,(H2,19,21)(H,20,22). The van der Waals surface area contributed by atoms with E-state index in [0.717, 1.165) is 11.8 Å². The summed E-state index contributed by atoms with van der Waals surface area (Å²) in [5.41, 5.74) is 5.84. The van der Waals surface area contributed by atoms with E-state index in [1.165, 1.54) is 7.11 Å². The quantitative estimate of drug-likeness (QED) is 0.587. The lowest BCUT2D eigenvalue weighted by atomic mass is 9.78. The van der Waals surface area contributed by atoms with Crippen molar-refractivity contribution in [1.29, 1.82) is 5.26 Å². The highest BCUT2D eigenvalue weighted by molar-refractivity contribution is 8.03. The maximum absolute atomic E-state index is 12.5. The van der Waals surface area contributed by atoms with Gasteiger partial charge in [0.25, 0.3) is 0 Å². The molecule has 0 saturated carbocycles. The maximum Gasteiger partial charge on any atom is 0.319 e. The second-order valence-corrected chi connectivity index (χ2v) is 6.55. The highest BCUT2D eigenvalue weighted by Gasteiger charge is 2.44. The van der Waals surface area contributed by atoms with Crippen LogP contribution in [0.2, 0.25) is 5.02 Å². The molecule has 1 aliphatic rings. The summed E-state index contributed by atoms with van der Waals surface area (Å²) >= 11 is 6.82. The molecule has 0 radical (unpaired) electrons. The molecule has 0 aliphatic carbocycles. The van der Waals surface area contributed by atoms with Gasteiger partial charge in [0.1, 0.15) is 5.92 Å². The minimum Gasteiger partial charge on any atom is -0.468 e. The number of nitriles is 1. The Morgan fingerprint density at radius 1 is 1.40 bits per heavy atom. The average molecular weight is 380 g/mol. The van der Waals surface area contributed by atoms with E-state index in [1.54, 1.807) is 24.3 Å². The van der Waals surface area contributed by atoms with Crippen molar-refractivity contribution in [2.45, 2.75) is 5.92 Å². The van der Waals surface area contributed by atoms with Gasteiger partial charge in [-0.15, -0.1) is 0 Å². The monoisotopic (exact) mass is 379 g/mol. The summed E-state index contributed by atoms with van der Waals surface area (Å²) in [4.78, 5) is 35.6. The fraction of sp³-hybridized carbons (Fsp3) is 0.250. The van der Waals surface area contributed by atoms with E-state index in [4.69, 9.17) is 22.1 Å². The van der Waals surface area contributed by atoms with E-state index in [-0.39, 0.29) is 16.4 Å². The number of primary amides is 1. The molecule has 25 heavy (non-hydrogen) atoms. The van der Waals surface area contributed by atoms with E-state index in [2.05, 4.69) is 5.32 Å². The first kappa shape index (κ1) is 18.8. The molecular formula is C16H14ClN3O4S. The number of methoxy groups -OCH3 is 1. The van der Waals surface area contributed by atoms with Crippen LogP contribution in [0.5, 0.6) is 0 Å². The van der Waals surface area contributed by atoms with Gasteiger partial charge in [-0.3, -0.25) is 14.4 Å². The number of allylic oxidation sites excluding steroid dienone is 1. The number of ether oxygens (including phenoxy) is 1. The number of carbonyl (C=O) groups excluding carboxylic acids is 3. The normalized spacial score (nSPS) is 19.8. The molecule has 1 aromatic carbocycles. The summed E-state index contributed by atoms with van der Waals surface area (Å²) < 4.78 is 4.72. The molecule has 0 saturated heterocycles. The molecule has 1 aromatic rings. The van der Waals surface area contributed by atoms with E-state index < -0.39 is 29.6 Å². The third-order valence-corrected chi connectivity index (χ3v) is 4.86. The molecule has 2 rings (SSSR count). The molecule has 0 bridgehead atoms. The third-order valence-electron chi connectivity index (χ3n) is 3.57. The zero-order valence-electron chi connectivity index (χ0n) is 13.1. The number of rotatable bonds is 5. The summed E-state index contributed by atoms with van der Waals surface area (Å²) in [7, 11) is 1.17.